The van der Waals surface area contributed by atoms with E-state index in [1.165, 1.54) is 13.0 Å². The van der Waals surface area contributed by atoms with E-state index in [-0.39, 0.29) is 22.8 Å². The van der Waals surface area contributed by atoms with Crippen molar-refractivity contribution in [3.8, 4) is 0 Å². The van der Waals surface area contributed by atoms with Gasteiger partial charge in [0.15, 0.2) is 6.10 Å². The Morgan fingerprint density at radius 3 is 2.69 bits per heavy atom. The molecule has 3 rings (SSSR count). The molecule has 8 heteroatoms. The minimum absolute atomic E-state index is 0.0166. The topological polar surface area (TPSA) is 116 Å². The lowest BCUT2D eigenvalue weighted by Gasteiger charge is -2.21. The number of anilines is 2. The molecule has 1 amide bonds. The average molecular weight is 355 g/mol. The predicted octanol–water partition coefficient (Wildman–Crippen LogP) is 2.31. The maximum absolute atomic E-state index is 12.6. The van der Waals surface area contributed by atoms with Crippen molar-refractivity contribution in [1.29, 1.82) is 0 Å². The van der Waals surface area contributed by atoms with Gasteiger partial charge in [0.1, 0.15) is 0 Å². The van der Waals surface area contributed by atoms with E-state index in [0.717, 1.165) is 29.8 Å². The Bertz CT molecular complexity index is 896. The highest BCUT2D eigenvalue weighted by Gasteiger charge is 2.30. The molecule has 1 aliphatic rings. The fraction of sp³-hybridized carbons (Fsp3) is 0.222. The summed E-state index contributed by atoms with van der Waals surface area (Å²) in [7, 11) is 0. The van der Waals surface area contributed by atoms with Crippen LogP contribution in [0, 0.1) is 10.1 Å². The number of nitrogen functional groups attached to an aromatic ring is 1. The number of nitrogens with zero attached hydrogens (tertiary/aromatic N) is 2. The van der Waals surface area contributed by atoms with Crippen molar-refractivity contribution in [2.45, 2.75) is 19.4 Å². The van der Waals surface area contributed by atoms with Crippen LogP contribution in [0.3, 0.4) is 0 Å². The van der Waals surface area contributed by atoms with Crippen LogP contribution in [0.2, 0.25) is 0 Å². The molecule has 8 nitrogen and oxygen atoms in total. The van der Waals surface area contributed by atoms with Crippen molar-refractivity contribution in [3.05, 3.63) is 63.7 Å². The second-order valence-electron chi connectivity index (χ2n) is 5.94. The molecule has 0 bridgehead atoms. The van der Waals surface area contributed by atoms with Gasteiger partial charge in [0.25, 0.3) is 11.6 Å². The molecule has 0 radical (unpaired) electrons. The van der Waals surface area contributed by atoms with E-state index in [1.54, 1.807) is 4.90 Å². The number of nitro groups is 1. The lowest BCUT2D eigenvalue weighted by Crippen LogP contribution is -2.39. The van der Waals surface area contributed by atoms with Crippen LogP contribution >= 0.6 is 0 Å². The number of para-hydroxylation sites is 1. The standard InChI is InChI=1S/C18H17N3O5/c1-11(17(22)20-9-8-12-4-2-3-5-16(12)20)26-18(23)14-7-6-13(21(24)25)10-15(14)19/h2-7,10-11H,8-9,19H2,1H3/t11-/m1/s1. The van der Waals surface area contributed by atoms with Crippen LogP contribution in [-0.2, 0) is 16.0 Å². The van der Waals surface area contributed by atoms with Gasteiger partial charge < -0.3 is 15.4 Å². The normalized spacial score (nSPS) is 13.8. The Hall–Kier alpha value is -3.42. The number of rotatable bonds is 4. The van der Waals surface area contributed by atoms with E-state index < -0.39 is 17.0 Å². The van der Waals surface area contributed by atoms with Crippen molar-refractivity contribution in [2.24, 2.45) is 0 Å². The van der Waals surface area contributed by atoms with Gasteiger partial charge >= 0.3 is 5.97 Å². The van der Waals surface area contributed by atoms with Crippen LogP contribution in [0.4, 0.5) is 17.1 Å². The van der Waals surface area contributed by atoms with Gasteiger partial charge in [-0.1, -0.05) is 18.2 Å². The Morgan fingerprint density at radius 2 is 2.00 bits per heavy atom. The van der Waals surface area contributed by atoms with Gasteiger partial charge in [-0.25, -0.2) is 4.79 Å². The van der Waals surface area contributed by atoms with Gasteiger partial charge in [0.2, 0.25) is 0 Å². The molecule has 0 aromatic heterocycles. The summed E-state index contributed by atoms with van der Waals surface area (Å²) in [5.41, 5.74) is 7.26. The number of carbonyl (C=O) groups excluding carboxylic acids is 2. The number of hydrogen-bond donors (Lipinski definition) is 1. The quantitative estimate of drug-likeness (QED) is 0.389. The van der Waals surface area contributed by atoms with Crippen molar-refractivity contribution in [1.82, 2.24) is 0 Å². The summed E-state index contributed by atoms with van der Waals surface area (Å²) in [6.45, 7) is 2.02. The van der Waals surface area contributed by atoms with Crippen LogP contribution < -0.4 is 10.6 Å². The molecule has 2 aromatic carbocycles. The van der Waals surface area contributed by atoms with Crippen LogP contribution in [0.1, 0.15) is 22.8 Å². The summed E-state index contributed by atoms with van der Waals surface area (Å²) in [5, 5.41) is 10.7. The Kier molecular flexibility index (Phi) is 4.57. The zero-order valence-electron chi connectivity index (χ0n) is 14.0. The second-order valence-corrected chi connectivity index (χ2v) is 5.94. The summed E-state index contributed by atoms with van der Waals surface area (Å²) >= 11 is 0. The molecule has 134 valence electrons. The first-order valence-electron chi connectivity index (χ1n) is 8.02. The van der Waals surface area contributed by atoms with E-state index >= 15 is 0 Å². The van der Waals surface area contributed by atoms with Crippen molar-refractivity contribution in [3.63, 3.8) is 0 Å². The number of fused-ring (bicyclic) bond motifs is 1. The molecule has 0 fully saturated rings. The Morgan fingerprint density at radius 1 is 1.27 bits per heavy atom. The number of amides is 1. The number of nitro benzene ring substituents is 1. The summed E-state index contributed by atoms with van der Waals surface area (Å²) in [4.78, 5) is 36.6. The maximum Gasteiger partial charge on any atom is 0.341 e. The fourth-order valence-electron chi connectivity index (χ4n) is 2.91. The zero-order valence-corrected chi connectivity index (χ0v) is 14.0. The highest BCUT2D eigenvalue weighted by molar-refractivity contribution is 6.01. The molecule has 2 N–H and O–H groups in total. The van der Waals surface area contributed by atoms with Crippen LogP contribution in [0.5, 0.6) is 0 Å². The third-order valence-electron chi connectivity index (χ3n) is 4.25. The minimum Gasteiger partial charge on any atom is -0.449 e. The summed E-state index contributed by atoms with van der Waals surface area (Å²) in [6, 6.07) is 11.0. The zero-order chi connectivity index (χ0) is 18.8. The molecule has 2 aromatic rings. The van der Waals surface area contributed by atoms with Gasteiger partial charge in [0.05, 0.1) is 16.2 Å². The van der Waals surface area contributed by atoms with Crippen LogP contribution in [0.15, 0.2) is 42.5 Å². The number of ether oxygens (including phenoxy) is 1. The number of nitrogens with two attached hydrogens (primary N) is 1. The molecule has 0 unspecified atom stereocenters. The van der Waals surface area contributed by atoms with Crippen LogP contribution in [-0.4, -0.2) is 29.4 Å². The average Bonchev–Trinajstić information content (AvgIpc) is 3.04. The first kappa shape index (κ1) is 17.4. The van der Waals surface area contributed by atoms with Gasteiger partial charge in [-0.05, 0) is 31.0 Å². The third-order valence-corrected chi connectivity index (χ3v) is 4.25. The lowest BCUT2D eigenvalue weighted by molar-refractivity contribution is -0.384. The summed E-state index contributed by atoms with van der Waals surface area (Å²) in [6.07, 6.45) is -0.263. The monoisotopic (exact) mass is 355 g/mol. The van der Waals surface area contributed by atoms with Crippen molar-refractivity contribution < 1.29 is 19.2 Å². The molecule has 1 atom stereocenters. The number of benzene rings is 2. The van der Waals surface area contributed by atoms with Crippen molar-refractivity contribution in [2.75, 3.05) is 17.2 Å². The molecule has 1 aliphatic heterocycles. The highest BCUT2D eigenvalue weighted by Crippen LogP contribution is 2.28. The predicted molar refractivity (Wildman–Crippen MR) is 94.9 cm³/mol. The highest BCUT2D eigenvalue weighted by atomic mass is 16.6. The van der Waals surface area contributed by atoms with Crippen LogP contribution in [0.25, 0.3) is 0 Å². The molecule has 0 saturated carbocycles. The fourth-order valence-corrected chi connectivity index (χ4v) is 2.91. The number of hydrogen-bond acceptors (Lipinski definition) is 6. The Labute approximate surface area is 149 Å². The van der Waals surface area contributed by atoms with E-state index in [1.807, 2.05) is 24.3 Å². The van der Waals surface area contributed by atoms with Gasteiger partial charge in [-0.2, -0.15) is 0 Å². The second kappa shape index (κ2) is 6.83. The van der Waals surface area contributed by atoms with E-state index in [2.05, 4.69) is 0 Å². The molecule has 0 spiro atoms. The minimum atomic E-state index is -1.01. The summed E-state index contributed by atoms with van der Waals surface area (Å²) < 4.78 is 5.23. The number of esters is 1. The molecule has 26 heavy (non-hydrogen) atoms. The molecule has 0 aliphatic carbocycles. The molecule has 0 saturated heterocycles. The van der Waals surface area contributed by atoms with Gasteiger partial charge in [-0.3, -0.25) is 14.9 Å². The largest absolute Gasteiger partial charge is 0.449 e. The smallest absolute Gasteiger partial charge is 0.341 e. The van der Waals surface area contributed by atoms with Gasteiger partial charge in [0, 0.05) is 24.4 Å². The van der Waals surface area contributed by atoms with E-state index in [0.29, 0.717) is 6.54 Å². The summed E-state index contributed by atoms with van der Waals surface area (Å²) in [5.74, 6) is -1.13. The maximum atomic E-state index is 12.6. The van der Waals surface area contributed by atoms with E-state index in [4.69, 9.17) is 10.5 Å². The first-order valence-corrected chi connectivity index (χ1v) is 8.02. The Balaban J connectivity index is 1.72. The molecular weight excluding hydrogens is 338 g/mol. The third kappa shape index (κ3) is 3.21. The molecular formula is C18H17N3O5. The van der Waals surface area contributed by atoms with E-state index in [9.17, 15) is 19.7 Å². The lowest BCUT2D eigenvalue weighted by atomic mass is 10.1. The van der Waals surface area contributed by atoms with Gasteiger partial charge in [-0.15, -0.1) is 0 Å². The number of carbonyl (C=O) groups is 2. The SMILES string of the molecule is C[C@@H](OC(=O)c1ccc([N+](=O)[O-])cc1N)C(=O)N1CCc2ccccc21. The number of non-ortho nitro benzene ring substituents is 1. The van der Waals surface area contributed by atoms with Crippen molar-refractivity contribution >= 4 is 28.9 Å². The molecule has 1 heterocycles. The first-order chi connectivity index (χ1) is 12.4.